The second-order valence-corrected chi connectivity index (χ2v) is 13.3. The van der Waals surface area contributed by atoms with Gasteiger partial charge in [0.1, 0.15) is 15.1 Å². The van der Waals surface area contributed by atoms with Gasteiger partial charge in [0.2, 0.25) is 0 Å². The fourth-order valence-electron chi connectivity index (χ4n) is 4.74. The molecular weight excluding hydrogens is 524 g/mol. The summed E-state index contributed by atoms with van der Waals surface area (Å²) in [5.74, 6) is 2.08. The molecule has 0 aromatic heterocycles. The van der Waals surface area contributed by atoms with Crippen molar-refractivity contribution in [2.45, 2.75) is 12.3 Å². The largest absolute Gasteiger partial charge is 0.493 e. The first-order valence-corrected chi connectivity index (χ1v) is 15.8. The Balaban J connectivity index is 1.56. The Hall–Kier alpha value is -3.31. The van der Waals surface area contributed by atoms with Crippen molar-refractivity contribution in [1.82, 2.24) is 0 Å². The molecule has 0 bridgehead atoms. The van der Waals surface area contributed by atoms with E-state index in [9.17, 15) is 0 Å². The van der Waals surface area contributed by atoms with Gasteiger partial charge in [-0.1, -0.05) is 93.1 Å². The average Bonchev–Trinajstić information content (AvgIpc) is 3.02. The van der Waals surface area contributed by atoms with Gasteiger partial charge >= 0.3 is 0 Å². The van der Waals surface area contributed by atoms with Gasteiger partial charge in [0.05, 0.1) is 47.8 Å². The van der Waals surface area contributed by atoms with Gasteiger partial charge in [-0.2, -0.15) is 0 Å². The quantitative estimate of drug-likeness (QED) is 0.183. The molecule has 40 heavy (non-hydrogen) atoms. The van der Waals surface area contributed by atoms with Crippen molar-refractivity contribution < 1.29 is 9.47 Å². The Bertz CT molecular complexity index is 1450. The third-order valence-electron chi connectivity index (χ3n) is 6.56. The van der Waals surface area contributed by atoms with Crippen LogP contribution in [0.25, 0.3) is 0 Å². The minimum atomic E-state index is -1.52. The molecule has 5 aromatic carbocycles. The highest BCUT2D eigenvalue weighted by Gasteiger charge is 2.35. The minimum absolute atomic E-state index is 0.0508. The Morgan fingerprint density at radius 2 is 0.850 bits per heavy atom. The average molecular weight is 562 g/mol. The van der Waals surface area contributed by atoms with E-state index in [-0.39, 0.29) is 15.1 Å². The van der Waals surface area contributed by atoms with Gasteiger partial charge in [-0.05, 0) is 65.7 Å². The molecule has 0 fully saturated rings. The van der Waals surface area contributed by atoms with Gasteiger partial charge in [0.25, 0.3) is 0 Å². The van der Waals surface area contributed by atoms with E-state index in [0.717, 1.165) is 23.8 Å². The summed E-state index contributed by atoms with van der Waals surface area (Å²) in [6, 6.07) is 49.5. The first-order chi connectivity index (χ1) is 19.5. The molecule has 6 heteroatoms. The standard InChI is InChI=1S/C34H38B2O2P2/c1-37-31-20-9-11-22-33(31)39(35,29-16-5-3-6-17-29)25-27-14-13-15-28(24-27)26-40(36,30-18-7-4-8-19-30)34-23-12-10-21-32(34)38-2/h3-24H,25-26H2,1-2,35-36H3. The smallest absolute Gasteiger partial charge is 0.156 e. The Kier molecular flexibility index (Phi) is 8.80. The monoisotopic (exact) mass is 562 g/mol. The lowest BCUT2D eigenvalue weighted by atomic mass is 10.2. The topological polar surface area (TPSA) is 18.5 Å². The van der Waals surface area contributed by atoms with Crippen molar-refractivity contribution in [3.8, 4) is 11.5 Å². The summed E-state index contributed by atoms with van der Waals surface area (Å²) >= 11 is 0. The molecule has 0 spiro atoms. The first kappa shape index (κ1) is 28.2. The van der Waals surface area contributed by atoms with Crippen LogP contribution in [0.5, 0.6) is 11.5 Å². The van der Waals surface area contributed by atoms with Crippen molar-refractivity contribution in [2.24, 2.45) is 0 Å². The molecule has 2 nitrogen and oxygen atoms in total. The molecule has 5 aromatic rings. The molecule has 0 aliphatic rings. The van der Waals surface area contributed by atoms with Crippen LogP contribution in [0.3, 0.4) is 0 Å². The van der Waals surface area contributed by atoms with E-state index in [1.54, 1.807) is 0 Å². The second kappa shape index (κ2) is 12.5. The van der Waals surface area contributed by atoms with Gasteiger partial charge in [-0.3, -0.25) is 0 Å². The fraction of sp³-hybridized carbons (Fsp3) is 0.118. The predicted octanol–water partition coefficient (Wildman–Crippen LogP) is 4.60. The normalized spacial score (nSPS) is 14.1. The predicted molar refractivity (Wildman–Crippen MR) is 185 cm³/mol. The van der Waals surface area contributed by atoms with Crippen molar-refractivity contribution >= 4 is 50.6 Å². The summed E-state index contributed by atoms with van der Waals surface area (Å²) in [7, 11) is 0.484. The molecule has 5 rings (SSSR count). The molecule has 202 valence electrons. The Labute approximate surface area is 242 Å². The summed E-state index contributed by atoms with van der Waals surface area (Å²) in [5, 5.41) is 5.89. The van der Waals surface area contributed by atoms with Crippen molar-refractivity contribution in [3.63, 3.8) is 0 Å². The minimum Gasteiger partial charge on any atom is -0.493 e. The van der Waals surface area contributed by atoms with E-state index in [4.69, 9.17) is 9.47 Å². The molecule has 0 radical (unpaired) electrons. The van der Waals surface area contributed by atoms with Crippen LogP contribution in [-0.2, 0) is 12.3 Å². The molecule has 2 unspecified atom stereocenters. The molecule has 0 aliphatic heterocycles. The van der Waals surface area contributed by atoms with Crippen LogP contribution in [0.15, 0.2) is 133 Å². The van der Waals surface area contributed by atoms with Crippen molar-refractivity contribution in [3.05, 3.63) is 145 Å². The third kappa shape index (κ3) is 5.76. The van der Waals surface area contributed by atoms with Crippen LogP contribution in [0.2, 0.25) is 0 Å². The number of para-hydroxylation sites is 2. The maximum absolute atomic E-state index is 5.93. The lowest BCUT2D eigenvalue weighted by molar-refractivity contribution is 0.418. The summed E-state index contributed by atoms with van der Waals surface area (Å²) in [4.78, 5) is 0. The Morgan fingerprint density at radius 1 is 0.475 bits per heavy atom. The van der Waals surface area contributed by atoms with E-state index in [0.29, 0.717) is 0 Å². The number of ether oxygens (including phenoxy) is 2. The van der Waals surface area contributed by atoms with Crippen LogP contribution in [0.4, 0.5) is 0 Å². The second-order valence-electron chi connectivity index (χ2n) is 9.01. The maximum atomic E-state index is 5.93. The highest BCUT2D eigenvalue weighted by atomic mass is 31.2. The van der Waals surface area contributed by atoms with Gasteiger partial charge in [-0.25, -0.2) is 0 Å². The summed E-state index contributed by atoms with van der Waals surface area (Å²) in [5.41, 5.74) is 2.91. The molecular formula is C34H38B2O2P2. The number of rotatable bonds is 10. The molecule has 0 saturated carbocycles. The SMILES string of the molecule is [BH3-][P+](Cc1cccc(C[P+]([BH3-])(c2ccccc2)c2ccccc2OC)c1)(c1ccccc1)c1ccccc1OC. The highest BCUT2D eigenvalue weighted by molar-refractivity contribution is 8.08. The summed E-state index contributed by atoms with van der Waals surface area (Å²) in [6.45, 7) is 0. The van der Waals surface area contributed by atoms with Crippen LogP contribution in [-0.4, -0.2) is 29.4 Å². The first-order valence-electron chi connectivity index (χ1n) is 12.8. The number of benzene rings is 5. The lowest BCUT2D eigenvalue weighted by Crippen LogP contribution is -2.26. The van der Waals surface area contributed by atoms with Crippen molar-refractivity contribution in [2.75, 3.05) is 14.2 Å². The van der Waals surface area contributed by atoms with E-state index in [2.05, 4.69) is 133 Å². The Morgan fingerprint density at radius 3 is 1.25 bits per heavy atom. The zero-order chi connectivity index (χ0) is 28.0. The number of hydrogen-bond acceptors (Lipinski definition) is 2. The lowest BCUT2D eigenvalue weighted by Gasteiger charge is -2.32. The van der Waals surface area contributed by atoms with E-state index < -0.39 is 14.3 Å². The van der Waals surface area contributed by atoms with E-state index in [1.807, 2.05) is 14.2 Å². The van der Waals surface area contributed by atoms with E-state index >= 15 is 0 Å². The van der Waals surface area contributed by atoms with Gasteiger partial charge in [-0.15, -0.1) is 0 Å². The molecule has 0 saturated heterocycles. The van der Waals surface area contributed by atoms with E-state index in [1.165, 1.54) is 32.3 Å². The highest BCUT2D eigenvalue weighted by Crippen LogP contribution is 2.58. The van der Waals surface area contributed by atoms with Crippen LogP contribution >= 0.6 is 14.3 Å². The van der Waals surface area contributed by atoms with Gasteiger partial charge in [0.15, 0.2) is 11.5 Å². The number of hydrogen-bond donors (Lipinski definition) is 0. The number of methoxy groups -OCH3 is 2. The summed E-state index contributed by atoms with van der Waals surface area (Å²) < 4.78 is 11.9. The molecule has 0 N–H and O–H groups in total. The van der Waals surface area contributed by atoms with Crippen molar-refractivity contribution in [1.29, 1.82) is 0 Å². The fourth-order valence-corrected chi connectivity index (χ4v) is 9.59. The molecule has 0 amide bonds. The third-order valence-corrected chi connectivity index (χ3v) is 11.7. The van der Waals surface area contributed by atoms with Crippen LogP contribution in [0, 0.1) is 0 Å². The maximum Gasteiger partial charge on any atom is 0.156 e. The molecule has 2 atom stereocenters. The molecule has 0 aliphatic carbocycles. The zero-order valence-electron chi connectivity index (χ0n) is 21.8. The van der Waals surface area contributed by atoms with Gasteiger partial charge < -0.3 is 9.47 Å². The zero-order valence-corrected chi connectivity index (χ0v) is 23.6. The van der Waals surface area contributed by atoms with Crippen LogP contribution in [0.1, 0.15) is 11.1 Å². The van der Waals surface area contributed by atoms with Gasteiger partial charge in [0, 0.05) is 0 Å². The molecule has 0 heterocycles. The van der Waals surface area contributed by atoms with Crippen LogP contribution < -0.4 is 30.7 Å². The summed E-state index contributed by atoms with van der Waals surface area (Å²) in [6.07, 6.45) is 2.21.